The fourth-order valence-electron chi connectivity index (χ4n) is 2.31. The lowest BCUT2D eigenvalue weighted by Gasteiger charge is -2.22. The maximum absolute atomic E-state index is 11.8. The smallest absolute Gasteiger partial charge is 0.326 e. The van der Waals surface area contributed by atoms with Crippen molar-refractivity contribution < 1.29 is 17.9 Å². The van der Waals surface area contributed by atoms with Gasteiger partial charge in [0.25, 0.3) is 0 Å². The minimum Gasteiger partial charge on any atom is -0.465 e. The van der Waals surface area contributed by atoms with Crippen molar-refractivity contribution in [1.82, 2.24) is 0 Å². The average molecular weight is 259 g/mol. The third-order valence-electron chi connectivity index (χ3n) is 3.45. The van der Waals surface area contributed by atoms with Crippen LogP contribution in [0.15, 0.2) is 0 Å². The minimum absolute atomic E-state index is 0.0440. The molecule has 0 heterocycles. The van der Waals surface area contributed by atoms with E-state index in [2.05, 4.69) is 0 Å². The van der Waals surface area contributed by atoms with Gasteiger partial charge >= 0.3 is 5.97 Å². The molecule has 3 atom stereocenters. The highest BCUT2D eigenvalue weighted by molar-refractivity contribution is 7.91. The molecule has 17 heavy (non-hydrogen) atoms. The van der Waals surface area contributed by atoms with Crippen molar-refractivity contribution in [2.45, 2.75) is 31.9 Å². The van der Waals surface area contributed by atoms with E-state index in [1.54, 1.807) is 13.8 Å². The Balaban J connectivity index is 3.04. The second kappa shape index (κ2) is 4.65. The van der Waals surface area contributed by atoms with E-state index in [1.165, 1.54) is 0 Å². The van der Waals surface area contributed by atoms with Gasteiger partial charge in [0.1, 0.15) is 9.84 Å². The molecular formula is C11H17NO4S. The van der Waals surface area contributed by atoms with E-state index < -0.39 is 26.5 Å². The summed E-state index contributed by atoms with van der Waals surface area (Å²) in [6, 6.07) is 1.97. The Morgan fingerprint density at radius 1 is 1.59 bits per heavy atom. The van der Waals surface area contributed by atoms with Crippen molar-refractivity contribution in [1.29, 1.82) is 5.26 Å². The molecular weight excluding hydrogens is 242 g/mol. The summed E-state index contributed by atoms with van der Waals surface area (Å²) in [6.45, 7) is 3.58. The third-order valence-corrected chi connectivity index (χ3v) is 5.02. The van der Waals surface area contributed by atoms with Gasteiger partial charge in [0.2, 0.25) is 0 Å². The van der Waals surface area contributed by atoms with Crippen molar-refractivity contribution in [3.63, 3.8) is 0 Å². The highest BCUT2D eigenvalue weighted by Crippen LogP contribution is 2.46. The van der Waals surface area contributed by atoms with Gasteiger partial charge in [-0.05, 0) is 25.7 Å². The first-order valence-corrected chi connectivity index (χ1v) is 7.50. The zero-order valence-electron chi connectivity index (χ0n) is 10.3. The van der Waals surface area contributed by atoms with E-state index in [9.17, 15) is 18.5 Å². The molecule has 0 aliphatic heterocycles. The largest absolute Gasteiger partial charge is 0.465 e. The van der Waals surface area contributed by atoms with Crippen molar-refractivity contribution in [3.05, 3.63) is 0 Å². The van der Waals surface area contributed by atoms with Gasteiger partial charge < -0.3 is 4.74 Å². The van der Waals surface area contributed by atoms with Crippen LogP contribution in [0.1, 0.15) is 26.7 Å². The molecule has 0 amide bonds. The number of esters is 1. The minimum atomic E-state index is -3.22. The molecule has 6 heteroatoms. The van der Waals surface area contributed by atoms with Gasteiger partial charge in [-0.3, -0.25) is 4.79 Å². The molecule has 0 saturated heterocycles. The third kappa shape index (κ3) is 2.44. The number of carbonyl (C=O) groups excluding carboxylic acids is 1. The standard InChI is InChI=1S/C11H17NO4S/c1-4-16-10(13)11(7-12)6-9(5-8(11)2)17(3,14)15/h8-9H,4-6H2,1-3H3/t8-,9-,11+/m0/s1. The first kappa shape index (κ1) is 14.0. The summed E-state index contributed by atoms with van der Waals surface area (Å²) in [7, 11) is -3.22. The molecule has 0 spiro atoms. The Bertz CT molecular complexity index is 451. The fourth-order valence-corrected chi connectivity index (χ4v) is 3.52. The molecule has 0 bridgehead atoms. The topological polar surface area (TPSA) is 84.2 Å². The summed E-state index contributed by atoms with van der Waals surface area (Å²) in [5.74, 6) is -0.896. The molecule has 5 nitrogen and oxygen atoms in total. The predicted molar refractivity (Wildman–Crippen MR) is 61.7 cm³/mol. The molecule has 0 unspecified atom stereocenters. The van der Waals surface area contributed by atoms with Crippen LogP contribution in [-0.4, -0.2) is 32.5 Å². The van der Waals surface area contributed by atoms with Crippen LogP contribution in [0.3, 0.4) is 0 Å². The van der Waals surface area contributed by atoms with Crippen LogP contribution < -0.4 is 0 Å². The highest BCUT2D eigenvalue weighted by atomic mass is 32.2. The Kier molecular flexibility index (Phi) is 3.82. The maximum Gasteiger partial charge on any atom is 0.326 e. The molecule has 0 aromatic heterocycles. The van der Waals surface area contributed by atoms with E-state index in [1.807, 2.05) is 6.07 Å². The molecule has 1 saturated carbocycles. The van der Waals surface area contributed by atoms with Gasteiger partial charge in [0.05, 0.1) is 17.9 Å². The van der Waals surface area contributed by atoms with E-state index >= 15 is 0 Å². The average Bonchev–Trinajstić information content (AvgIpc) is 2.56. The van der Waals surface area contributed by atoms with Gasteiger partial charge in [-0.25, -0.2) is 8.42 Å². The number of sulfone groups is 1. The van der Waals surface area contributed by atoms with Gasteiger partial charge in [0.15, 0.2) is 5.41 Å². The van der Waals surface area contributed by atoms with E-state index in [0.717, 1.165) is 6.26 Å². The second-order valence-electron chi connectivity index (χ2n) is 4.60. The fraction of sp³-hybridized carbons (Fsp3) is 0.818. The Labute approximate surface area is 102 Å². The van der Waals surface area contributed by atoms with Crippen molar-refractivity contribution in [2.24, 2.45) is 11.3 Å². The summed E-state index contributed by atoms with van der Waals surface area (Å²) >= 11 is 0. The summed E-state index contributed by atoms with van der Waals surface area (Å²) in [6.07, 6.45) is 1.52. The molecule has 1 aliphatic rings. The van der Waals surface area contributed by atoms with Crippen LogP contribution in [0.5, 0.6) is 0 Å². The molecule has 1 rings (SSSR count). The number of ether oxygens (including phenoxy) is 1. The van der Waals surface area contributed by atoms with Gasteiger partial charge in [-0.15, -0.1) is 0 Å². The van der Waals surface area contributed by atoms with Gasteiger partial charge in [-0.2, -0.15) is 5.26 Å². The normalized spacial score (nSPS) is 33.1. The highest BCUT2D eigenvalue weighted by Gasteiger charge is 2.54. The van der Waals surface area contributed by atoms with Crippen molar-refractivity contribution in [3.8, 4) is 6.07 Å². The first-order chi connectivity index (χ1) is 7.78. The zero-order chi connectivity index (χ0) is 13.3. The predicted octanol–water partition coefficient (Wildman–Crippen LogP) is 0.903. The molecule has 0 aromatic rings. The van der Waals surface area contributed by atoms with Gasteiger partial charge in [0, 0.05) is 6.26 Å². The quantitative estimate of drug-likeness (QED) is 0.703. The van der Waals surface area contributed by atoms with Crippen LogP contribution >= 0.6 is 0 Å². The van der Waals surface area contributed by atoms with E-state index in [0.29, 0.717) is 6.42 Å². The molecule has 1 fully saturated rings. The summed E-state index contributed by atoms with van der Waals surface area (Å²) < 4.78 is 27.9. The van der Waals surface area contributed by atoms with Crippen LogP contribution in [-0.2, 0) is 19.4 Å². The molecule has 0 aromatic carbocycles. The summed E-state index contributed by atoms with van der Waals surface area (Å²) in [5, 5.41) is 8.60. The van der Waals surface area contributed by atoms with Crippen molar-refractivity contribution >= 4 is 15.8 Å². The Morgan fingerprint density at radius 2 is 2.18 bits per heavy atom. The molecule has 0 N–H and O–H groups in total. The van der Waals surface area contributed by atoms with Gasteiger partial charge in [-0.1, -0.05) is 6.92 Å². The monoisotopic (exact) mass is 259 g/mol. The lowest BCUT2D eigenvalue weighted by Crippen LogP contribution is -2.34. The number of nitrogens with zero attached hydrogens (tertiary/aromatic N) is 1. The van der Waals surface area contributed by atoms with E-state index in [-0.39, 0.29) is 18.9 Å². The zero-order valence-corrected chi connectivity index (χ0v) is 11.1. The lowest BCUT2D eigenvalue weighted by atomic mass is 9.80. The van der Waals surface area contributed by atoms with Crippen molar-refractivity contribution in [2.75, 3.05) is 12.9 Å². The Morgan fingerprint density at radius 3 is 2.53 bits per heavy atom. The molecule has 0 radical (unpaired) electrons. The van der Waals surface area contributed by atoms with Crippen LogP contribution in [0.25, 0.3) is 0 Å². The Hall–Kier alpha value is -1.09. The van der Waals surface area contributed by atoms with Crippen LogP contribution in [0.4, 0.5) is 0 Å². The SMILES string of the molecule is CCOC(=O)[C@@]1(C#N)C[C@@H](S(C)(=O)=O)C[C@@H]1C. The number of rotatable bonds is 3. The summed E-state index contributed by atoms with van der Waals surface area (Å²) in [4.78, 5) is 11.8. The number of nitriles is 1. The first-order valence-electron chi connectivity index (χ1n) is 5.55. The van der Waals surface area contributed by atoms with Crippen LogP contribution in [0.2, 0.25) is 0 Å². The summed E-state index contributed by atoms with van der Waals surface area (Å²) in [5.41, 5.74) is -1.30. The molecule has 1 aliphatic carbocycles. The number of carbonyl (C=O) groups is 1. The second-order valence-corrected chi connectivity index (χ2v) is 6.92. The molecule has 96 valence electrons. The van der Waals surface area contributed by atoms with Crippen LogP contribution in [0, 0.1) is 22.7 Å². The lowest BCUT2D eigenvalue weighted by molar-refractivity contribution is -0.153. The number of hydrogen-bond donors (Lipinski definition) is 0. The number of hydrogen-bond acceptors (Lipinski definition) is 5. The van der Waals surface area contributed by atoms with E-state index in [4.69, 9.17) is 4.74 Å². The maximum atomic E-state index is 11.8.